The smallest absolute Gasteiger partial charge is 0.177 e. The van der Waals surface area contributed by atoms with Crippen molar-refractivity contribution in [2.75, 3.05) is 5.73 Å². The molecule has 0 saturated heterocycles. The summed E-state index contributed by atoms with van der Waals surface area (Å²) < 4.78 is 7.60. The first-order valence-corrected chi connectivity index (χ1v) is 8.16. The standard InChI is InChI=1S/C13H8BrIN2OS/c14-9-3-1-2-7(4-9)11-12(18-17-13(11)16)8-5-10(15)19-6-8/h1-6H,(H2,16,17). The van der Waals surface area contributed by atoms with E-state index in [4.69, 9.17) is 10.3 Å². The molecule has 0 amide bonds. The molecule has 0 aliphatic rings. The van der Waals surface area contributed by atoms with Crippen LogP contribution in [-0.4, -0.2) is 5.16 Å². The van der Waals surface area contributed by atoms with Gasteiger partial charge in [0, 0.05) is 15.4 Å². The van der Waals surface area contributed by atoms with Crippen LogP contribution in [-0.2, 0) is 0 Å². The van der Waals surface area contributed by atoms with Gasteiger partial charge in [-0.05, 0) is 46.4 Å². The fraction of sp³-hybridized carbons (Fsp3) is 0. The van der Waals surface area contributed by atoms with Crippen molar-refractivity contribution in [3.63, 3.8) is 0 Å². The largest absolute Gasteiger partial charge is 0.380 e. The molecule has 0 aliphatic heterocycles. The van der Waals surface area contributed by atoms with Gasteiger partial charge in [-0.2, -0.15) is 0 Å². The van der Waals surface area contributed by atoms with Gasteiger partial charge in [0.25, 0.3) is 0 Å². The summed E-state index contributed by atoms with van der Waals surface area (Å²) in [5, 5.41) is 5.94. The van der Waals surface area contributed by atoms with Crippen molar-refractivity contribution >= 4 is 55.7 Å². The number of aromatic nitrogens is 1. The third-order valence-corrected chi connectivity index (χ3v) is 4.94. The Kier molecular flexibility index (Phi) is 3.64. The number of hydrogen-bond donors (Lipinski definition) is 1. The molecule has 1 aromatic carbocycles. The molecule has 0 saturated carbocycles. The summed E-state index contributed by atoms with van der Waals surface area (Å²) in [6.07, 6.45) is 0. The first-order chi connectivity index (χ1) is 9.15. The molecule has 0 bridgehead atoms. The van der Waals surface area contributed by atoms with Crippen molar-refractivity contribution in [2.45, 2.75) is 0 Å². The number of halogens is 2. The predicted octanol–water partition coefficient (Wildman–Crippen LogP) is 5.02. The zero-order valence-electron chi connectivity index (χ0n) is 9.56. The molecule has 0 spiro atoms. The number of rotatable bonds is 2. The fourth-order valence-corrected chi connectivity index (χ4v) is 3.58. The van der Waals surface area contributed by atoms with Crippen LogP contribution in [0.3, 0.4) is 0 Å². The minimum Gasteiger partial charge on any atom is -0.380 e. The van der Waals surface area contributed by atoms with Gasteiger partial charge in [-0.3, -0.25) is 0 Å². The average Bonchev–Trinajstić information content (AvgIpc) is 2.95. The van der Waals surface area contributed by atoms with E-state index in [0.717, 1.165) is 26.9 Å². The summed E-state index contributed by atoms with van der Waals surface area (Å²) in [4.78, 5) is 0. The van der Waals surface area contributed by atoms with Crippen LogP contribution in [0.15, 0.2) is 44.7 Å². The lowest BCUT2D eigenvalue weighted by Gasteiger charge is -2.02. The normalized spacial score (nSPS) is 10.8. The first kappa shape index (κ1) is 13.1. The third kappa shape index (κ3) is 2.56. The number of benzene rings is 1. The number of nitrogens with zero attached hydrogens (tertiary/aromatic N) is 1. The lowest BCUT2D eigenvalue weighted by atomic mass is 10.0. The average molecular weight is 447 g/mol. The Bertz CT molecular complexity index is 738. The van der Waals surface area contributed by atoms with Crippen LogP contribution in [0, 0.1) is 2.88 Å². The van der Waals surface area contributed by atoms with Crippen LogP contribution in [0.25, 0.3) is 22.5 Å². The summed E-state index contributed by atoms with van der Waals surface area (Å²) in [5.74, 6) is 1.13. The van der Waals surface area contributed by atoms with Gasteiger partial charge in [0.1, 0.15) is 0 Å². The van der Waals surface area contributed by atoms with E-state index in [1.807, 2.05) is 29.6 Å². The number of anilines is 1. The van der Waals surface area contributed by atoms with Crippen LogP contribution in [0.1, 0.15) is 0 Å². The van der Waals surface area contributed by atoms with Crippen molar-refractivity contribution < 1.29 is 4.52 Å². The highest BCUT2D eigenvalue weighted by molar-refractivity contribution is 14.1. The zero-order chi connectivity index (χ0) is 13.4. The van der Waals surface area contributed by atoms with Gasteiger partial charge >= 0.3 is 0 Å². The highest BCUT2D eigenvalue weighted by atomic mass is 127. The Labute approximate surface area is 136 Å². The summed E-state index contributed by atoms with van der Waals surface area (Å²) in [7, 11) is 0. The Morgan fingerprint density at radius 2 is 2.11 bits per heavy atom. The van der Waals surface area contributed by atoms with E-state index in [1.165, 1.54) is 2.88 Å². The number of thiophene rings is 1. The van der Waals surface area contributed by atoms with Gasteiger partial charge < -0.3 is 10.3 Å². The van der Waals surface area contributed by atoms with Gasteiger partial charge in [-0.15, -0.1) is 11.3 Å². The molecule has 0 atom stereocenters. The monoisotopic (exact) mass is 446 g/mol. The summed E-state index contributed by atoms with van der Waals surface area (Å²) in [5.41, 5.74) is 8.79. The SMILES string of the molecule is Nc1noc(-c2csc(I)c2)c1-c1cccc(Br)c1. The highest BCUT2D eigenvalue weighted by Gasteiger charge is 2.18. The molecule has 2 heterocycles. The minimum absolute atomic E-state index is 0.411. The topological polar surface area (TPSA) is 52.0 Å². The lowest BCUT2D eigenvalue weighted by molar-refractivity contribution is 0.436. The predicted molar refractivity (Wildman–Crippen MR) is 90.1 cm³/mol. The maximum absolute atomic E-state index is 5.95. The maximum atomic E-state index is 5.95. The van der Waals surface area contributed by atoms with Crippen LogP contribution in [0.5, 0.6) is 0 Å². The van der Waals surface area contributed by atoms with E-state index in [0.29, 0.717) is 5.82 Å². The molecule has 96 valence electrons. The molecule has 2 aromatic heterocycles. The van der Waals surface area contributed by atoms with Crippen LogP contribution in [0.2, 0.25) is 0 Å². The van der Waals surface area contributed by atoms with Crippen LogP contribution in [0.4, 0.5) is 5.82 Å². The number of nitrogen functional groups attached to an aromatic ring is 1. The summed E-state index contributed by atoms with van der Waals surface area (Å²) in [6.45, 7) is 0. The first-order valence-electron chi connectivity index (χ1n) is 5.40. The van der Waals surface area contributed by atoms with Gasteiger partial charge in [-0.1, -0.05) is 33.2 Å². The van der Waals surface area contributed by atoms with E-state index < -0.39 is 0 Å². The molecule has 0 fully saturated rings. The molecule has 3 aromatic rings. The molecule has 3 rings (SSSR count). The molecular formula is C13H8BrIN2OS. The molecule has 19 heavy (non-hydrogen) atoms. The Morgan fingerprint density at radius 3 is 2.79 bits per heavy atom. The fourth-order valence-electron chi connectivity index (χ4n) is 1.85. The molecule has 3 nitrogen and oxygen atoms in total. The summed E-state index contributed by atoms with van der Waals surface area (Å²) in [6, 6.07) is 10.00. The Morgan fingerprint density at radius 1 is 1.26 bits per heavy atom. The van der Waals surface area contributed by atoms with E-state index in [1.54, 1.807) is 11.3 Å². The lowest BCUT2D eigenvalue weighted by Crippen LogP contribution is -1.88. The molecule has 0 radical (unpaired) electrons. The second-order valence-corrected chi connectivity index (χ2v) is 7.64. The second-order valence-electron chi connectivity index (χ2n) is 3.92. The Hall–Kier alpha value is -0.860. The van der Waals surface area contributed by atoms with E-state index >= 15 is 0 Å². The van der Waals surface area contributed by atoms with E-state index in [9.17, 15) is 0 Å². The van der Waals surface area contributed by atoms with Gasteiger partial charge in [-0.25, -0.2) is 0 Å². The molecule has 0 aliphatic carbocycles. The maximum Gasteiger partial charge on any atom is 0.177 e. The van der Waals surface area contributed by atoms with Crippen molar-refractivity contribution in [2.24, 2.45) is 0 Å². The number of nitrogens with two attached hydrogens (primary N) is 1. The van der Waals surface area contributed by atoms with Crippen molar-refractivity contribution in [1.29, 1.82) is 0 Å². The van der Waals surface area contributed by atoms with Crippen LogP contribution >= 0.6 is 49.9 Å². The second kappa shape index (κ2) is 5.26. The zero-order valence-corrected chi connectivity index (χ0v) is 14.1. The van der Waals surface area contributed by atoms with Crippen molar-refractivity contribution in [3.05, 3.63) is 43.1 Å². The quantitative estimate of drug-likeness (QED) is 0.562. The molecule has 0 unspecified atom stereocenters. The minimum atomic E-state index is 0.411. The van der Waals surface area contributed by atoms with Crippen molar-refractivity contribution in [1.82, 2.24) is 5.16 Å². The van der Waals surface area contributed by atoms with E-state index in [2.05, 4.69) is 49.7 Å². The highest BCUT2D eigenvalue weighted by Crippen LogP contribution is 2.39. The number of hydrogen-bond acceptors (Lipinski definition) is 4. The van der Waals surface area contributed by atoms with Gasteiger partial charge in [0.2, 0.25) is 0 Å². The molecule has 6 heteroatoms. The van der Waals surface area contributed by atoms with Gasteiger partial charge in [0.15, 0.2) is 11.6 Å². The van der Waals surface area contributed by atoms with Crippen LogP contribution < -0.4 is 5.73 Å². The molecule has 2 N–H and O–H groups in total. The van der Waals surface area contributed by atoms with Gasteiger partial charge in [0.05, 0.1) is 8.45 Å². The Balaban J connectivity index is 2.19. The van der Waals surface area contributed by atoms with Crippen molar-refractivity contribution in [3.8, 4) is 22.5 Å². The third-order valence-electron chi connectivity index (χ3n) is 2.66. The van der Waals surface area contributed by atoms with E-state index in [-0.39, 0.29) is 0 Å². The summed E-state index contributed by atoms with van der Waals surface area (Å²) >= 11 is 7.41. The molecular weight excluding hydrogens is 439 g/mol.